The Labute approximate surface area is 297 Å². The number of rotatable bonds is 37. The minimum absolute atomic E-state index is 0.0905. The fourth-order valence-electron chi connectivity index (χ4n) is 5.43. The first-order valence-corrected chi connectivity index (χ1v) is 21.4. The predicted octanol–water partition coefficient (Wildman–Crippen LogP) is 11.1. The van der Waals surface area contributed by atoms with Gasteiger partial charge in [-0.25, -0.2) is 4.57 Å². The Hall–Kier alpha value is -0.760. The van der Waals surface area contributed by atoms with Gasteiger partial charge in [-0.1, -0.05) is 142 Å². The fourth-order valence-corrected chi connectivity index (χ4v) is 6.17. The molecule has 0 saturated carbocycles. The molecule has 9 heteroatoms. The number of esters is 1. The summed E-state index contributed by atoms with van der Waals surface area (Å²) in [5.74, 6) is -0.318. The van der Waals surface area contributed by atoms with Gasteiger partial charge in [-0.2, -0.15) is 0 Å². The van der Waals surface area contributed by atoms with Crippen LogP contribution in [0.2, 0.25) is 0 Å². The third-order valence-corrected chi connectivity index (χ3v) is 9.56. The number of carbonyl (C=O) groups is 1. The summed E-state index contributed by atoms with van der Waals surface area (Å²) in [6, 6.07) is 0. The van der Waals surface area contributed by atoms with Crippen molar-refractivity contribution in [2.24, 2.45) is 0 Å². The van der Waals surface area contributed by atoms with Gasteiger partial charge in [0, 0.05) is 13.0 Å². The van der Waals surface area contributed by atoms with Crippen molar-refractivity contribution in [3.05, 3.63) is 12.2 Å². The van der Waals surface area contributed by atoms with Crippen LogP contribution < -0.4 is 0 Å². The van der Waals surface area contributed by atoms with Gasteiger partial charge in [0.15, 0.2) is 0 Å². The number of allylic oxidation sites excluding steroid dienone is 2. The molecular formula is C39H79NO7P+. The molecule has 0 amide bonds. The van der Waals surface area contributed by atoms with E-state index in [-0.39, 0.29) is 25.8 Å². The molecule has 0 spiro atoms. The van der Waals surface area contributed by atoms with Crippen molar-refractivity contribution in [2.75, 3.05) is 54.1 Å². The monoisotopic (exact) mass is 705 g/mol. The van der Waals surface area contributed by atoms with Gasteiger partial charge in [0.1, 0.15) is 19.3 Å². The largest absolute Gasteiger partial charge is 0.472 e. The van der Waals surface area contributed by atoms with Gasteiger partial charge in [-0.15, -0.1) is 0 Å². The number of carbonyl (C=O) groups excluding carboxylic acids is 1. The normalized spacial score (nSPS) is 14.0. The molecule has 0 aromatic heterocycles. The maximum atomic E-state index is 12.6. The lowest BCUT2D eigenvalue weighted by Gasteiger charge is -2.24. The highest BCUT2D eigenvalue weighted by Crippen LogP contribution is 2.43. The molecular weight excluding hydrogens is 625 g/mol. The molecule has 0 bridgehead atoms. The zero-order chi connectivity index (χ0) is 35.6. The van der Waals surface area contributed by atoms with Crippen LogP contribution in [-0.2, 0) is 27.9 Å². The molecule has 0 radical (unpaired) electrons. The second-order valence-corrected chi connectivity index (χ2v) is 16.1. The van der Waals surface area contributed by atoms with Gasteiger partial charge in [0.05, 0.1) is 34.4 Å². The number of likely N-dealkylation sites (N-methyl/N-ethyl adjacent to an activating group) is 1. The van der Waals surface area contributed by atoms with Crippen molar-refractivity contribution >= 4 is 13.8 Å². The number of phosphoric acid groups is 1. The standard InChI is InChI=1S/C39H78NO7P/c1-6-8-10-12-14-16-17-18-19-20-21-22-23-24-26-28-30-32-39(41)47-38(37-46-48(42,43)45-35-33-40(3,4)5)36-44-34-31-29-27-25-15-13-11-9-7-2/h18-19,38H,6-17,20-37H2,1-5H3/p+1/b19-18-. The fraction of sp³-hybridized carbons (Fsp3) is 0.923. The molecule has 2 unspecified atom stereocenters. The van der Waals surface area contributed by atoms with E-state index in [9.17, 15) is 14.3 Å². The first kappa shape index (κ1) is 47.2. The van der Waals surface area contributed by atoms with Gasteiger partial charge < -0.3 is 18.9 Å². The summed E-state index contributed by atoms with van der Waals surface area (Å²) in [6.07, 6.45) is 33.8. The number of nitrogens with zero attached hydrogens (tertiary/aromatic N) is 1. The predicted molar refractivity (Wildman–Crippen MR) is 201 cm³/mol. The summed E-state index contributed by atoms with van der Waals surface area (Å²) in [6.45, 7) is 5.61. The smallest absolute Gasteiger partial charge is 0.457 e. The number of phosphoric ester groups is 1. The van der Waals surface area contributed by atoms with Gasteiger partial charge >= 0.3 is 13.8 Å². The summed E-state index contributed by atoms with van der Waals surface area (Å²) in [5.41, 5.74) is 0. The van der Waals surface area contributed by atoms with E-state index >= 15 is 0 Å². The van der Waals surface area contributed by atoms with Crippen molar-refractivity contribution in [1.29, 1.82) is 0 Å². The summed E-state index contributed by atoms with van der Waals surface area (Å²) < 4.78 is 34.8. The average molecular weight is 705 g/mol. The highest BCUT2D eigenvalue weighted by molar-refractivity contribution is 7.47. The van der Waals surface area contributed by atoms with E-state index < -0.39 is 13.9 Å². The number of hydrogen-bond donors (Lipinski definition) is 1. The molecule has 2 atom stereocenters. The van der Waals surface area contributed by atoms with Crippen molar-refractivity contribution in [2.45, 2.75) is 180 Å². The SMILES string of the molecule is CCCCCCCC/C=C\CCCCCCCCCC(=O)OC(COCCCCCCCCCCC)COP(=O)(O)OCC[N+](C)(C)C. The molecule has 1 N–H and O–H groups in total. The van der Waals surface area contributed by atoms with Gasteiger partial charge in [0.2, 0.25) is 0 Å². The average Bonchev–Trinajstić information content (AvgIpc) is 3.03. The number of unbranched alkanes of at least 4 members (excludes halogenated alkanes) is 21. The highest BCUT2D eigenvalue weighted by atomic mass is 31.2. The second-order valence-electron chi connectivity index (χ2n) is 14.7. The van der Waals surface area contributed by atoms with Crippen molar-refractivity contribution in [3.63, 3.8) is 0 Å². The van der Waals surface area contributed by atoms with Crippen molar-refractivity contribution < 1.29 is 37.3 Å². The lowest BCUT2D eigenvalue weighted by Crippen LogP contribution is -2.37. The number of quaternary nitrogens is 1. The quantitative estimate of drug-likeness (QED) is 0.0226. The van der Waals surface area contributed by atoms with Crippen LogP contribution in [0.25, 0.3) is 0 Å². The molecule has 0 aliphatic carbocycles. The van der Waals surface area contributed by atoms with Gasteiger partial charge in [-0.3, -0.25) is 13.8 Å². The maximum Gasteiger partial charge on any atom is 0.472 e. The van der Waals surface area contributed by atoms with Gasteiger partial charge in [0.25, 0.3) is 0 Å². The summed E-state index contributed by atoms with van der Waals surface area (Å²) >= 11 is 0. The van der Waals surface area contributed by atoms with E-state index in [0.717, 1.165) is 32.1 Å². The molecule has 0 aliphatic rings. The van der Waals surface area contributed by atoms with Crippen LogP contribution >= 0.6 is 7.82 Å². The van der Waals surface area contributed by atoms with Crippen LogP contribution in [-0.4, -0.2) is 75.6 Å². The molecule has 0 rings (SSSR count). The van der Waals surface area contributed by atoms with Crippen LogP contribution in [0, 0.1) is 0 Å². The van der Waals surface area contributed by atoms with Crippen LogP contribution in [0.4, 0.5) is 0 Å². The molecule has 0 saturated heterocycles. The molecule has 0 aromatic carbocycles. The molecule has 0 aliphatic heterocycles. The topological polar surface area (TPSA) is 91.3 Å². The zero-order valence-electron chi connectivity index (χ0n) is 32.2. The minimum atomic E-state index is -4.26. The number of hydrogen-bond acceptors (Lipinski definition) is 6. The van der Waals surface area contributed by atoms with E-state index in [1.807, 2.05) is 21.1 Å². The third kappa shape index (κ3) is 36.5. The van der Waals surface area contributed by atoms with E-state index in [4.69, 9.17) is 18.5 Å². The molecule has 0 heterocycles. The Morgan fingerprint density at radius 2 is 1.08 bits per heavy atom. The Kier molecular flexibility index (Phi) is 32.9. The number of ether oxygens (including phenoxy) is 2. The Morgan fingerprint density at radius 1 is 0.625 bits per heavy atom. The minimum Gasteiger partial charge on any atom is -0.457 e. The summed E-state index contributed by atoms with van der Waals surface area (Å²) in [7, 11) is 1.67. The first-order chi connectivity index (χ1) is 23.1. The Morgan fingerprint density at radius 3 is 1.58 bits per heavy atom. The highest BCUT2D eigenvalue weighted by Gasteiger charge is 2.26. The van der Waals surface area contributed by atoms with Crippen LogP contribution in [0.15, 0.2) is 12.2 Å². The molecule has 0 fully saturated rings. The zero-order valence-corrected chi connectivity index (χ0v) is 33.1. The van der Waals surface area contributed by atoms with E-state index in [1.54, 1.807) is 0 Å². The second kappa shape index (κ2) is 33.4. The first-order valence-electron chi connectivity index (χ1n) is 19.9. The van der Waals surface area contributed by atoms with E-state index in [0.29, 0.717) is 24.1 Å². The summed E-state index contributed by atoms with van der Waals surface area (Å²) in [4.78, 5) is 22.8. The maximum absolute atomic E-state index is 12.6. The third-order valence-electron chi connectivity index (χ3n) is 8.58. The Balaban J connectivity index is 4.22. The van der Waals surface area contributed by atoms with Crippen LogP contribution in [0.1, 0.15) is 174 Å². The molecule has 0 aromatic rings. The van der Waals surface area contributed by atoms with Crippen LogP contribution in [0.5, 0.6) is 0 Å². The Bertz CT molecular complexity index is 787. The van der Waals surface area contributed by atoms with E-state index in [2.05, 4.69) is 26.0 Å². The van der Waals surface area contributed by atoms with Gasteiger partial charge in [-0.05, 0) is 38.5 Å². The van der Waals surface area contributed by atoms with Crippen LogP contribution in [0.3, 0.4) is 0 Å². The molecule has 48 heavy (non-hydrogen) atoms. The lowest BCUT2D eigenvalue weighted by molar-refractivity contribution is -0.870. The van der Waals surface area contributed by atoms with Crippen molar-refractivity contribution in [1.82, 2.24) is 0 Å². The van der Waals surface area contributed by atoms with Crippen molar-refractivity contribution in [3.8, 4) is 0 Å². The molecule has 286 valence electrons. The van der Waals surface area contributed by atoms with E-state index in [1.165, 1.54) is 122 Å². The summed E-state index contributed by atoms with van der Waals surface area (Å²) in [5, 5.41) is 0. The lowest BCUT2D eigenvalue weighted by atomic mass is 10.1. The molecule has 8 nitrogen and oxygen atoms in total.